The van der Waals surface area contributed by atoms with Crippen molar-refractivity contribution in [2.75, 3.05) is 7.05 Å². The minimum atomic E-state index is -0.422. The van der Waals surface area contributed by atoms with Crippen LogP contribution in [0.2, 0.25) is 0 Å². The fourth-order valence-electron chi connectivity index (χ4n) is 1.40. The molecule has 0 aromatic carbocycles. The number of amides is 1. The summed E-state index contributed by atoms with van der Waals surface area (Å²) in [5, 5.41) is 5.79. The summed E-state index contributed by atoms with van der Waals surface area (Å²) in [6.07, 6.45) is 1.57. The molecule has 1 heterocycles. The maximum absolute atomic E-state index is 11.5. The van der Waals surface area contributed by atoms with Crippen molar-refractivity contribution >= 4 is 11.9 Å². The molecule has 1 aliphatic heterocycles. The van der Waals surface area contributed by atoms with E-state index in [1.54, 1.807) is 7.05 Å². The van der Waals surface area contributed by atoms with Gasteiger partial charge >= 0.3 is 0 Å². The summed E-state index contributed by atoms with van der Waals surface area (Å²) in [7, 11) is 1.66. The fourth-order valence-corrected chi connectivity index (χ4v) is 1.40. The van der Waals surface area contributed by atoms with Crippen LogP contribution in [0.15, 0.2) is 4.99 Å². The number of nitrogens with zero attached hydrogens (tertiary/aromatic N) is 1. The maximum atomic E-state index is 11.5. The predicted octanol–water partition coefficient (Wildman–Crippen LogP) is 0.250. The molecule has 1 saturated heterocycles. The van der Waals surface area contributed by atoms with Gasteiger partial charge in [-0.25, -0.2) is 0 Å². The molecule has 68 valence electrons. The Morgan fingerprint density at radius 2 is 2.00 bits per heavy atom. The van der Waals surface area contributed by atoms with Crippen molar-refractivity contribution in [2.45, 2.75) is 32.2 Å². The molecule has 1 rings (SSSR count). The van der Waals surface area contributed by atoms with E-state index in [1.807, 2.05) is 13.8 Å². The molecule has 0 atom stereocenters. The molecular formula is C8H15N3O. The van der Waals surface area contributed by atoms with Gasteiger partial charge in [-0.15, -0.1) is 0 Å². The maximum Gasteiger partial charge on any atom is 0.252 e. The zero-order valence-electron chi connectivity index (χ0n) is 7.77. The third-order valence-corrected chi connectivity index (χ3v) is 2.45. The lowest BCUT2D eigenvalue weighted by atomic mass is 9.93. The van der Waals surface area contributed by atoms with Crippen molar-refractivity contribution < 1.29 is 4.79 Å². The highest BCUT2D eigenvalue weighted by Crippen LogP contribution is 2.18. The van der Waals surface area contributed by atoms with Crippen LogP contribution in [0.5, 0.6) is 0 Å². The zero-order valence-corrected chi connectivity index (χ0v) is 7.77. The van der Waals surface area contributed by atoms with Crippen LogP contribution in [0.1, 0.15) is 26.7 Å². The summed E-state index contributed by atoms with van der Waals surface area (Å²) in [5.41, 5.74) is -0.422. The summed E-state index contributed by atoms with van der Waals surface area (Å²) in [6, 6.07) is 0. The van der Waals surface area contributed by atoms with Crippen molar-refractivity contribution in [1.29, 1.82) is 0 Å². The van der Waals surface area contributed by atoms with Gasteiger partial charge in [-0.3, -0.25) is 15.1 Å². The Bertz CT molecular complexity index is 218. The van der Waals surface area contributed by atoms with Gasteiger partial charge in [0.1, 0.15) is 5.54 Å². The Kier molecular flexibility index (Phi) is 2.35. The van der Waals surface area contributed by atoms with Crippen molar-refractivity contribution in [3.8, 4) is 0 Å². The van der Waals surface area contributed by atoms with Crippen molar-refractivity contribution in [3.63, 3.8) is 0 Å². The molecule has 0 saturated carbocycles. The standard InChI is InChI=1S/C8H15N3O/c1-4-8(5-2)6(12)10-7(9-3)11-8/h4-5H2,1-3H3,(H2,9,10,11,12). The third-order valence-electron chi connectivity index (χ3n) is 2.45. The molecule has 0 aromatic heterocycles. The van der Waals surface area contributed by atoms with E-state index in [0.717, 1.165) is 12.8 Å². The quantitative estimate of drug-likeness (QED) is 0.622. The van der Waals surface area contributed by atoms with Crippen LogP contribution in [-0.2, 0) is 4.79 Å². The number of aliphatic imine (C=N–C) groups is 1. The van der Waals surface area contributed by atoms with Crippen molar-refractivity contribution in [2.24, 2.45) is 4.99 Å². The molecule has 1 aliphatic rings. The minimum absolute atomic E-state index is 0.0353. The molecule has 12 heavy (non-hydrogen) atoms. The Morgan fingerprint density at radius 1 is 1.42 bits per heavy atom. The molecule has 1 fully saturated rings. The highest BCUT2D eigenvalue weighted by atomic mass is 16.2. The van der Waals surface area contributed by atoms with Gasteiger partial charge in [0.15, 0.2) is 5.96 Å². The molecule has 0 radical (unpaired) electrons. The molecule has 2 N–H and O–H groups in total. The fraction of sp³-hybridized carbons (Fsp3) is 0.750. The van der Waals surface area contributed by atoms with E-state index < -0.39 is 5.54 Å². The molecular weight excluding hydrogens is 154 g/mol. The molecule has 0 unspecified atom stereocenters. The van der Waals surface area contributed by atoms with Crippen LogP contribution < -0.4 is 10.6 Å². The van der Waals surface area contributed by atoms with Gasteiger partial charge in [-0.05, 0) is 12.8 Å². The van der Waals surface area contributed by atoms with Gasteiger partial charge in [-0.2, -0.15) is 0 Å². The second-order valence-corrected chi connectivity index (χ2v) is 2.94. The Morgan fingerprint density at radius 3 is 2.25 bits per heavy atom. The lowest BCUT2D eigenvalue weighted by Gasteiger charge is -2.22. The van der Waals surface area contributed by atoms with E-state index in [1.165, 1.54) is 0 Å². The van der Waals surface area contributed by atoms with Gasteiger partial charge in [-0.1, -0.05) is 13.8 Å². The first-order valence-electron chi connectivity index (χ1n) is 4.25. The van der Waals surface area contributed by atoms with E-state index in [0.29, 0.717) is 5.96 Å². The average molecular weight is 169 g/mol. The Balaban J connectivity index is 2.86. The van der Waals surface area contributed by atoms with Crippen LogP contribution in [0.25, 0.3) is 0 Å². The van der Waals surface area contributed by atoms with E-state index in [-0.39, 0.29) is 5.91 Å². The van der Waals surface area contributed by atoms with Crippen LogP contribution in [-0.4, -0.2) is 24.5 Å². The number of hydrogen-bond donors (Lipinski definition) is 2. The predicted molar refractivity (Wildman–Crippen MR) is 48.0 cm³/mol. The molecule has 0 aliphatic carbocycles. The smallest absolute Gasteiger partial charge is 0.252 e. The number of carbonyl (C=O) groups is 1. The summed E-state index contributed by atoms with van der Waals surface area (Å²) < 4.78 is 0. The number of carbonyl (C=O) groups excluding carboxylic acids is 1. The molecule has 0 aromatic rings. The topological polar surface area (TPSA) is 53.5 Å². The summed E-state index contributed by atoms with van der Waals surface area (Å²) in [4.78, 5) is 15.4. The number of rotatable bonds is 2. The highest BCUT2D eigenvalue weighted by Gasteiger charge is 2.41. The Hall–Kier alpha value is -1.06. The number of hydrogen-bond acceptors (Lipinski definition) is 2. The van der Waals surface area contributed by atoms with Crippen LogP contribution in [0.3, 0.4) is 0 Å². The number of nitrogens with one attached hydrogen (secondary N) is 2. The van der Waals surface area contributed by atoms with Gasteiger partial charge in [0.05, 0.1) is 0 Å². The van der Waals surface area contributed by atoms with Gasteiger partial charge in [0.2, 0.25) is 0 Å². The van der Waals surface area contributed by atoms with Gasteiger partial charge in [0, 0.05) is 7.05 Å². The normalized spacial score (nSPS) is 23.9. The van der Waals surface area contributed by atoms with Gasteiger partial charge in [0.25, 0.3) is 5.91 Å². The molecule has 4 heteroatoms. The van der Waals surface area contributed by atoms with E-state index in [4.69, 9.17) is 0 Å². The van der Waals surface area contributed by atoms with E-state index in [9.17, 15) is 4.79 Å². The first kappa shape index (κ1) is 9.03. The molecule has 1 amide bonds. The first-order chi connectivity index (χ1) is 5.68. The zero-order chi connectivity index (χ0) is 9.19. The van der Waals surface area contributed by atoms with Crippen molar-refractivity contribution in [3.05, 3.63) is 0 Å². The monoisotopic (exact) mass is 169 g/mol. The van der Waals surface area contributed by atoms with Crippen LogP contribution in [0, 0.1) is 0 Å². The SMILES string of the molecule is CCC1(CC)NC(=NC)NC1=O. The summed E-state index contributed by atoms with van der Waals surface area (Å²) >= 11 is 0. The Labute approximate surface area is 72.4 Å². The summed E-state index contributed by atoms with van der Waals surface area (Å²) in [6.45, 7) is 3.99. The average Bonchev–Trinajstić information content (AvgIpc) is 2.43. The second kappa shape index (κ2) is 3.13. The van der Waals surface area contributed by atoms with E-state index >= 15 is 0 Å². The number of guanidine groups is 1. The largest absolute Gasteiger partial charge is 0.342 e. The molecule has 0 bridgehead atoms. The van der Waals surface area contributed by atoms with E-state index in [2.05, 4.69) is 15.6 Å². The van der Waals surface area contributed by atoms with Crippen LogP contribution >= 0.6 is 0 Å². The van der Waals surface area contributed by atoms with Gasteiger partial charge < -0.3 is 5.32 Å². The minimum Gasteiger partial charge on any atom is -0.342 e. The second-order valence-electron chi connectivity index (χ2n) is 2.94. The molecule has 4 nitrogen and oxygen atoms in total. The highest BCUT2D eigenvalue weighted by molar-refractivity contribution is 6.08. The molecule has 0 spiro atoms. The summed E-state index contributed by atoms with van der Waals surface area (Å²) in [5.74, 6) is 0.622. The van der Waals surface area contributed by atoms with Crippen LogP contribution in [0.4, 0.5) is 0 Å². The lowest BCUT2D eigenvalue weighted by Crippen LogP contribution is -2.45. The third kappa shape index (κ3) is 1.17. The van der Waals surface area contributed by atoms with Crippen molar-refractivity contribution in [1.82, 2.24) is 10.6 Å². The first-order valence-corrected chi connectivity index (χ1v) is 4.25. The lowest BCUT2D eigenvalue weighted by molar-refractivity contribution is -0.124.